The first-order chi connectivity index (χ1) is 5.57. The van der Waals surface area contributed by atoms with Crippen LogP contribution in [-0.2, 0) is 0 Å². The Morgan fingerprint density at radius 2 is 1.92 bits per heavy atom. The van der Waals surface area contributed by atoms with Crippen LogP contribution in [-0.4, -0.2) is 35.7 Å². The van der Waals surface area contributed by atoms with Gasteiger partial charge >= 0.3 is 0 Å². The molecule has 1 fully saturated rings. The van der Waals surface area contributed by atoms with Crippen LogP contribution in [0.15, 0.2) is 0 Å². The summed E-state index contributed by atoms with van der Waals surface area (Å²) in [5.41, 5.74) is 0. The van der Waals surface area contributed by atoms with E-state index in [4.69, 9.17) is 0 Å². The van der Waals surface area contributed by atoms with Crippen LogP contribution in [0.5, 0.6) is 0 Å². The van der Waals surface area contributed by atoms with E-state index in [9.17, 15) is 5.11 Å². The zero-order valence-corrected chi connectivity index (χ0v) is 8.62. The summed E-state index contributed by atoms with van der Waals surface area (Å²) < 4.78 is 0. The highest BCUT2D eigenvalue weighted by Crippen LogP contribution is 2.29. The molecular formula is C10H21NO. The lowest BCUT2D eigenvalue weighted by Gasteiger charge is -2.43. The van der Waals surface area contributed by atoms with Crippen molar-refractivity contribution in [3.63, 3.8) is 0 Å². The molecule has 4 atom stereocenters. The topological polar surface area (TPSA) is 23.5 Å². The Bertz CT molecular complexity index is 149. The first-order valence-electron chi connectivity index (χ1n) is 4.96. The van der Waals surface area contributed by atoms with Gasteiger partial charge in [-0.05, 0) is 25.3 Å². The van der Waals surface area contributed by atoms with E-state index in [0.29, 0.717) is 17.9 Å². The smallest absolute Gasteiger partial charge is 0.0695 e. The highest BCUT2D eigenvalue weighted by Gasteiger charge is 2.34. The molecule has 0 aliphatic carbocycles. The van der Waals surface area contributed by atoms with Gasteiger partial charge in [-0.3, -0.25) is 0 Å². The summed E-state index contributed by atoms with van der Waals surface area (Å²) in [4.78, 5) is 2.29. The standard InChI is InChI=1S/C10H21NO/c1-5-9-7(2)8(3)10(12)6-11(9)4/h7-10,12H,5-6H2,1-4H3/t7-,8-,9+,10-/m0/s1. The number of piperidine rings is 1. The van der Waals surface area contributed by atoms with Gasteiger partial charge in [0.05, 0.1) is 6.10 Å². The Morgan fingerprint density at radius 3 is 2.42 bits per heavy atom. The predicted octanol–water partition coefficient (Wildman–Crippen LogP) is 1.34. The molecule has 1 N–H and O–H groups in total. The Balaban J connectivity index is 2.65. The van der Waals surface area contributed by atoms with Crippen molar-refractivity contribution in [1.29, 1.82) is 0 Å². The number of rotatable bonds is 1. The number of β-amino-alcohol motifs (C(OH)–C–C–N with tert-alkyl or cyclic N) is 1. The molecule has 1 heterocycles. The lowest BCUT2D eigenvalue weighted by atomic mass is 9.79. The van der Waals surface area contributed by atoms with Gasteiger partial charge in [0.2, 0.25) is 0 Å². The van der Waals surface area contributed by atoms with Gasteiger partial charge < -0.3 is 10.0 Å². The average Bonchev–Trinajstić information content (AvgIpc) is 2.01. The Morgan fingerprint density at radius 1 is 1.33 bits per heavy atom. The van der Waals surface area contributed by atoms with Crippen molar-refractivity contribution < 1.29 is 5.11 Å². The molecule has 1 saturated heterocycles. The molecule has 0 amide bonds. The van der Waals surface area contributed by atoms with Gasteiger partial charge in [0.15, 0.2) is 0 Å². The van der Waals surface area contributed by atoms with Crippen molar-refractivity contribution in [1.82, 2.24) is 4.90 Å². The van der Waals surface area contributed by atoms with Crippen LogP contribution < -0.4 is 0 Å². The molecule has 0 radical (unpaired) electrons. The summed E-state index contributed by atoms with van der Waals surface area (Å²) in [6, 6.07) is 0.656. The molecule has 1 aliphatic rings. The van der Waals surface area contributed by atoms with E-state index in [-0.39, 0.29) is 6.10 Å². The third-order valence-electron chi connectivity index (χ3n) is 3.50. The van der Waals surface area contributed by atoms with E-state index in [1.807, 2.05) is 0 Å². The third kappa shape index (κ3) is 1.64. The summed E-state index contributed by atoms with van der Waals surface area (Å²) in [6.07, 6.45) is 1.06. The molecule has 0 bridgehead atoms. The lowest BCUT2D eigenvalue weighted by molar-refractivity contribution is -0.0278. The Labute approximate surface area is 75.6 Å². The van der Waals surface area contributed by atoms with Crippen molar-refractivity contribution in [2.45, 2.75) is 39.3 Å². The summed E-state index contributed by atoms with van der Waals surface area (Å²) in [6.45, 7) is 7.47. The van der Waals surface area contributed by atoms with Crippen LogP contribution in [0.25, 0.3) is 0 Å². The molecule has 72 valence electrons. The maximum Gasteiger partial charge on any atom is 0.0695 e. The highest BCUT2D eigenvalue weighted by atomic mass is 16.3. The molecule has 1 aliphatic heterocycles. The number of aliphatic hydroxyl groups excluding tert-OH is 1. The van der Waals surface area contributed by atoms with Crippen LogP contribution in [0.4, 0.5) is 0 Å². The number of nitrogens with zero attached hydrogens (tertiary/aromatic N) is 1. The Hall–Kier alpha value is -0.0800. The van der Waals surface area contributed by atoms with Crippen molar-refractivity contribution in [2.24, 2.45) is 11.8 Å². The summed E-state index contributed by atoms with van der Waals surface area (Å²) >= 11 is 0. The summed E-state index contributed by atoms with van der Waals surface area (Å²) in [7, 11) is 2.11. The van der Waals surface area contributed by atoms with E-state index in [2.05, 4.69) is 32.7 Å². The van der Waals surface area contributed by atoms with Crippen molar-refractivity contribution >= 4 is 0 Å². The van der Waals surface area contributed by atoms with Crippen molar-refractivity contribution in [2.75, 3.05) is 13.6 Å². The molecule has 0 aromatic rings. The molecule has 1 rings (SSSR count). The zero-order valence-electron chi connectivity index (χ0n) is 8.62. The van der Waals surface area contributed by atoms with Gasteiger partial charge in [-0.2, -0.15) is 0 Å². The Kier molecular flexibility index (Phi) is 3.13. The van der Waals surface area contributed by atoms with Gasteiger partial charge in [0.25, 0.3) is 0 Å². The number of hydrogen-bond donors (Lipinski definition) is 1. The first-order valence-corrected chi connectivity index (χ1v) is 4.96. The third-order valence-corrected chi connectivity index (χ3v) is 3.50. The van der Waals surface area contributed by atoms with Gasteiger partial charge in [-0.25, -0.2) is 0 Å². The maximum atomic E-state index is 9.69. The lowest BCUT2D eigenvalue weighted by Crippen LogP contribution is -2.52. The normalized spacial score (nSPS) is 44.8. The number of likely N-dealkylation sites (N-methyl/N-ethyl adjacent to an activating group) is 1. The van der Waals surface area contributed by atoms with Crippen molar-refractivity contribution in [3.8, 4) is 0 Å². The van der Waals surface area contributed by atoms with E-state index in [0.717, 1.165) is 6.54 Å². The van der Waals surface area contributed by atoms with Crippen LogP contribution in [0.1, 0.15) is 27.2 Å². The SMILES string of the molecule is CC[C@@H]1[C@@H](C)[C@H](C)[C@@H](O)CN1C. The maximum absolute atomic E-state index is 9.69. The molecule has 0 spiro atoms. The highest BCUT2D eigenvalue weighted by molar-refractivity contribution is 4.87. The van der Waals surface area contributed by atoms with E-state index in [1.54, 1.807) is 0 Å². The monoisotopic (exact) mass is 171 g/mol. The minimum absolute atomic E-state index is 0.132. The molecular weight excluding hydrogens is 150 g/mol. The second-order valence-corrected chi connectivity index (χ2v) is 4.20. The molecule has 0 unspecified atom stereocenters. The van der Waals surface area contributed by atoms with Crippen LogP contribution >= 0.6 is 0 Å². The number of hydrogen-bond acceptors (Lipinski definition) is 2. The number of aliphatic hydroxyl groups is 1. The largest absolute Gasteiger partial charge is 0.392 e. The minimum Gasteiger partial charge on any atom is -0.392 e. The number of likely N-dealkylation sites (tertiary alicyclic amines) is 1. The quantitative estimate of drug-likeness (QED) is 0.643. The second-order valence-electron chi connectivity index (χ2n) is 4.20. The first kappa shape index (κ1) is 10.0. The summed E-state index contributed by atoms with van der Waals surface area (Å²) in [5, 5.41) is 9.69. The van der Waals surface area contributed by atoms with Crippen LogP contribution in [0.3, 0.4) is 0 Å². The van der Waals surface area contributed by atoms with Crippen LogP contribution in [0, 0.1) is 11.8 Å². The van der Waals surface area contributed by atoms with Crippen LogP contribution in [0.2, 0.25) is 0 Å². The molecule has 2 nitrogen and oxygen atoms in total. The van der Waals surface area contributed by atoms with Gasteiger partial charge in [-0.15, -0.1) is 0 Å². The average molecular weight is 171 g/mol. The predicted molar refractivity (Wildman–Crippen MR) is 51.0 cm³/mol. The second kappa shape index (κ2) is 3.75. The van der Waals surface area contributed by atoms with E-state index in [1.165, 1.54) is 6.42 Å². The van der Waals surface area contributed by atoms with Gasteiger partial charge in [0, 0.05) is 12.6 Å². The molecule has 0 saturated carbocycles. The fraction of sp³-hybridized carbons (Fsp3) is 1.00. The van der Waals surface area contributed by atoms with Gasteiger partial charge in [0.1, 0.15) is 0 Å². The minimum atomic E-state index is -0.132. The summed E-state index contributed by atoms with van der Waals surface area (Å²) in [5.74, 6) is 1.06. The van der Waals surface area contributed by atoms with Crippen molar-refractivity contribution in [3.05, 3.63) is 0 Å². The molecule has 0 aromatic heterocycles. The van der Waals surface area contributed by atoms with Gasteiger partial charge in [-0.1, -0.05) is 20.8 Å². The molecule has 0 aromatic carbocycles. The zero-order chi connectivity index (χ0) is 9.30. The fourth-order valence-corrected chi connectivity index (χ4v) is 2.38. The van der Waals surface area contributed by atoms with E-state index < -0.39 is 0 Å². The molecule has 2 heteroatoms. The fourth-order valence-electron chi connectivity index (χ4n) is 2.38. The molecule has 12 heavy (non-hydrogen) atoms. The van der Waals surface area contributed by atoms with E-state index >= 15 is 0 Å².